The summed E-state index contributed by atoms with van der Waals surface area (Å²) < 4.78 is 11.1. The number of para-hydroxylation sites is 1. The molecule has 5 heteroatoms. The lowest BCUT2D eigenvalue weighted by Gasteiger charge is -2.12. The molecule has 0 spiro atoms. The van der Waals surface area contributed by atoms with E-state index in [4.69, 9.17) is 15.2 Å². The molecule has 5 nitrogen and oxygen atoms in total. The largest absolute Gasteiger partial charge is 0.488 e. The van der Waals surface area contributed by atoms with Crippen molar-refractivity contribution >= 4 is 17.3 Å². The first-order valence-corrected chi connectivity index (χ1v) is 8.18. The van der Waals surface area contributed by atoms with Crippen molar-refractivity contribution in [3.05, 3.63) is 54.1 Å². The van der Waals surface area contributed by atoms with Gasteiger partial charge in [0.1, 0.15) is 11.9 Å². The van der Waals surface area contributed by atoms with Gasteiger partial charge in [-0.3, -0.25) is 4.79 Å². The molecule has 3 N–H and O–H groups in total. The highest BCUT2D eigenvalue weighted by atomic mass is 16.5. The molecule has 0 aromatic heterocycles. The van der Waals surface area contributed by atoms with E-state index >= 15 is 0 Å². The molecule has 3 rings (SSSR count). The summed E-state index contributed by atoms with van der Waals surface area (Å²) in [6, 6.07) is 15.0. The standard InChI is InChI=1S/C19H22N2O3/c20-18-4-2-1-3-14(18)5-10-19(22)21-15-6-8-16(9-7-15)24-17-11-12-23-13-17/h1-4,6-9,17H,5,10-13,20H2,(H,21,22). The van der Waals surface area contributed by atoms with Crippen LogP contribution in [0.25, 0.3) is 0 Å². The average molecular weight is 326 g/mol. The van der Waals surface area contributed by atoms with Crippen LogP contribution < -0.4 is 15.8 Å². The van der Waals surface area contributed by atoms with Gasteiger partial charge < -0.3 is 20.5 Å². The number of rotatable bonds is 6. The number of carbonyl (C=O) groups excluding carboxylic acids is 1. The molecule has 1 aliphatic heterocycles. The van der Waals surface area contributed by atoms with Gasteiger partial charge in [-0.15, -0.1) is 0 Å². The molecule has 1 fully saturated rings. The number of anilines is 2. The first-order chi connectivity index (χ1) is 11.7. The molecule has 0 radical (unpaired) electrons. The van der Waals surface area contributed by atoms with Crippen LogP contribution in [0.15, 0.2) is 48.5 Å². The van der Waals surface area contributed by atoms with E-state index in [0.717, 1.165) is 35.7 Å². The van der Waals surface area contributed by atoms with Crippen molar-refractivity contribution in [1.82, 2.24) is 0 Å². The lowest BCUT2D eigenvalue weighted by molar-refractivity contribution is -0.116. The number of nitrogens with one attached hydrogen (secondary N) is 1. The summed E-state index contributed by atoms with van der Waals surface area (Å²) in [4.78, 5) is 12.1. The first kappa shape index (κ1) is 16.3. The van der Waals surface area contributed by atoms with Crippen molar-refractivity contribution in [3.63, 3.8) is 0 Å². The van der Waals surface area contributed by atoms with Gasteiger partial charge in [-0.2, -0.15) is 0 Å². The maximum absolute atomic E-state index is 12.1. The molecule has 24 heavy (non-hydrogen) atoms. The second-order valence-corrected chi connectivity index (χ2v) is 5.87. The number of hydrogen-bond acceptors (Lipinski definition) is 4. The summed E-state index contributed by atoms with van der Waals surface area (Å²) in [7, 11) is 0. The summed E-state index contributed by atoms with van der Waals surface area (Å²) in [5.74, 6) is 0.761. The molecule has 1 aliphatic rings. The van der Waals surface area contributed by atoms with Crippen LogP contribution in [0.1, 0.15) is 18.4 Å². The van der Waals surface area contributed by atoms with Gasteiger partial charge in [-0.05, 0) is 42.3 Å². The fraction of sp³-hybridized carbons (Fsp3) is 0.316. The van der Waals surface area contributed by atoms with Crippen LogP contribution in [0.4, 0.5) is 11.4 Å². The van der Waals surface area contributed by atoms with Crippen molar-refractivity contribution in [2.24, 2.45) is 0 Å². The molecule has 1 saturated heterocycles. The minimum atomic E-state index is -0.0314. The zero-order valence-electron chi connectivity index (χ0n) is 13.5. The van der Waals surface area contributed by atoms with Gasteiger partial charge >= 0.3 is 0 Å². The predicted molar refractivity (Wildman–Crippen MR) is 94.1 cm³/mol. The number of nitrogens with two attached hydrogens (primary N) is 1. The Morgan fingerprint density at radius 3 is 2.71 bits per heavy atom. The monoisotopic (exact) mass is 326 g/mol. The van der Waals surface area contributed by atoms with Crippen molar-refractivity contribution in [1.29, 1.82) is 0 Å². The topological polar surface area (TPSA) is 73.6 Å². The number of amides is 1. The minimum Gasteiger partial charge on any atom is -0.488 e. The molecule has 1 unspecified atom stereocenters. The number of hydrogen-bond donors (Lipinski definition) is 2. The van der Waals surface area contributed by atoms with Crippen LogP contribution in [0.3, 0.4) is 0 Å². The van der Waals surface area contributed by atoms with E-state index in [0.29, 0.717) is 19.4 Å². The molecule has 1 atom stereocenters. The van der Waals surface area contributed by atoms with E-state index in [1.54, 1.807) is 0 Å². The summed E-state index contributed by atoms with van der Waals surface area (Å²) >= 11 is 0. The van der Waals surface area contributed by atoms with Gasteiger partial charge in [0.2, 0.25) is 5.91 Å². The summed E-state index contributed by atoms with van der Waals surface area (Å²) in [5, 5.41) is 2.89. The molecule has 126 valence electrons. The van der Waals surface area contributed by atoms with Crippen LogP contribution in [0.5, 0.6) is 5.75 Å². The van der Waals surface area contributed by atoms with Crippen LogP contribution in [0.2, 0.25) is 0 Å². The molecule has 0 saturated carbocycles. The predicted octanol–water partition coefficient (Wildman–Crippen LogP) is 3.01. The van der Waals surface area contributed by atoms with E-state index in [1.807, 2.05) is 48.5 Å². The van der Waals surface area contributed by atoms with E-state index in [-0.39, 0.29) is 12.0 Å². The van der Waals surface area contributed by atoms with Crippen LogP contribution in [0, 0.1) is 0 Å². The number of benzene rings is 2. The van der Waals surface area contributed by atoms with Crippen molar-refractivity contribution in [2.45, 2.75) is 25.4 Å². The third kappa shape index (κ3) is 4.49. The van der Waals surface area contributed by atoms with E-state index in [9.17, 15) is 4.79 Å². The Kier molecular flexibility index (Phi) is 5.33. The Hall–Kier alpha value is -2.53. The fourth-order valence-electron chi connectivity index (χ4n) is 2.65. The van der Waals surface area contributed by atoms with Gasteiger partial charge in [0.15, 0.2) is 0 Å². The quantitative estimate of drug-likeness (QED) is 0.800. The third-order valence-electron chi connectivity index (χ3n) is 4.01. The Bertz CT molecular complexity index is 679. The number of aryl methyl sites for hydroxylation is 1. The molecular formula is C19H22N2O3. The Morgan fingerprint density at radius 2 is 2.00 bits per heavy atom. The second-order valence-electron chi connectivity index (χ2n) is 5.87. The van der Waals surface area contributed by atoms with Gasteiger partial charge in [-0.25, -0.2) is 0 Å². The van der Waals surface area contributed by atoms with E-state index < -0.39 is 0 Å². The molecule has 1 amide bonds. The van der Waals surface area contributed by atoms with Crippen molar-refractivity contribution in [2.75, 3.05) is 24.3 Å². The number of ether oxygens (including phenoxy) is 2. The Balaban J connectivity index is 1.48. The zero-order valence-corrected chi connectivity index (χ0v) is 13.5. The number of carbonyl (C=O) groups is 1. The highest BCUT2D eigenvalue weighted by molar-refractivity contribution is 5.90. The first-order valence-electron chi connectivity index (χ1n) is 8.18. The number of nitrogen functional groups attached to an aromatic ring is 1. The van der Waals surface area contributed by atoms with E-state index in [2.05, 4.69) is 5.32 Å². The smallest absolute Gasteiger partial charge is 0.224 e. The van der Waals surface area contributed by atoms with Gasteiger partial charge in [0, 0.05) is 24.2 Å². The van der Waals surface area contributed by atoms with Crippen LogP contribution in [-0.4, -0.2) is 25.2 Å². The summed E-state index contributed by atoms with van der Waals surface area (Å²) in [5.41, 5.74) is 8.37. The third-order valence-corrected chi connectivity index (χ3v) is 4.01. The highest BCUT2D eigenvalue weighted by Crippen LogP contribution is 2.20. The summed E-state index contributed by atoms with van der Waals surface area (Å²) in [6.07, 6.45) is 2.07. The minimum absolute atomic E-state index is 0.0314. The molecule has 2 aromatic rings. The van der Waals surface area contributed by atoms with Crippen LogP contribution >= 0.6 is 0 Å². The van der Waals surface area contributed by atoms with Gasteiger partial charge in [0.25, 0.3) is 0 Å². The lowest BCUT2D eigenvalue weighted by Crippen LogP contribution is -2.16. The van der Waals surface area contributed by atoms with Gasteiger partial charge in [0.05, 0.1) is 13.2 Å². The molecular weight excluding hydrogens is 304 g/mol. The molecule has 1 heterocycles. The van der Waals surface area contributed by atoms with Crippen molar-refractivity contribution in [3.8, 4) is 5.75 Å². The lowest BCUT2D eigenvalue weighted by atomic mass is 10.1. The normalized spacial score (nSPS) is 16.8. The maximum atomic E-state index is 12.1. The summed E-state index contributed by atoms with van der Waals surface area (Å²) in [6.45, 7) is 1.39. The zero-order chi connectivity index (χ0) is 16.8. The van der Waals surface area contributed by atoms with Gasteiger partial charge in [-0.1, -0.05) is 18.2 Å². The fourth-order valence-corrected chi connectivity index (χ4v) is 2.65. The second kappa shape index (κ2) is 7.84. The molecule has 0 aliphatic carbocycles. The van der Waals surface area contributed by atoms with Crippen molar-refractivity contribution < 1.29 is 14.3 Å². The Labute approximate surface area is 141 Å². The molecule has 0 bridgehead atoms. The highest BCUT2D eigenvalue weighted by Gasteiger charge is 2.17. The molecule has 2 aromatic carbocycles. The Morgan fingerprint density at radius 1 is 1.21 bits per heavy atom. The van der Waals surface area contributed by atoms with Crippen LogP contribution in [-0.2, 0) is 16.0 Å². The average Bonchev–Trinajstić information content (AvgIpc) is 3.09. The SMILES string of the molecule is Nc1ccccc1CCC(=O)Nc1ccc(OC2CCOC2)cc1. The van der Waals surface area contributed by atoms with E-state index in [1.165, 1.54) is 0 Å². The maximum Gasteiger partial charge on any atom is 0.224 e.